The molecule has 10 heteroatoms. The third-order valence-corrected chi connectivity index (χ3v) is 6.47. The zero-order chi connectivity index (χ0) is 23.3. The Hall–Kier alpha value is -3.11. The van der Waals surface area contributed by atoms with Crippen LogP contribution in [0.15, 0.2) is 47.4 Å². The summed E-state index contributed by atoms with van der Waals surface area (Å²) in [7, 11) is -0.659. The third kappa shape index (κ3) is 6.44. The van der Waals surface area contributed by atoms with Gasteiger partial charge in [0.25, 0.3) is 0 Å². The Balaban J connectivity index is 1.58. The van der Waals surface area contributed by atoms with Crippen LogP contribution in [0.1, 0.15) is 18.4 Å². The second kappa shape index (κ2) is 10.0. The van der Waals surface area contributed by atoms with Crippen molar-refractivity contribution in [3.8, 4) is 5.75 Å². The zero-order valence-electron chi connectivity index (χ0n) is 18.3. The van der Waals surface area contributed by atoms with Crippen molar-refractivity contribution in [2.45, 2.75) is 30.7 Å². The number of hydrogen-bond acceptors (Lipinski definition) is 6. The lowest BCUT2D eigenvalue weighted by Crippen LogP contribution is -2.38. The number of carbonyl (C=O) groups excluding carboxylic acids is 2. The topological polar surface area (TPSA) is 117 Å². The number of rotatable bonds is 10. The average Bonchev–Trinajstić information content (AvgIpc) is 3.56. The number of methoxy groups -OCH3 is 1. The van der Waals surface area contributed by atoms with Crippen molar-refractivity contribution in [3.05, 3.63) is 48.0 Å². The van der Waals surface area contributed by atoms with Crippen LogP contribution in [0.4, 0.5) is 11.4 Å². The van der Waals surface area contributed by atoms with Gasteiger partial charge >= 0.3 is 0 Å². The van der Waals surface area contributed by atoms with Crippen LogP contribution in [0.2, 0.25) is 0 Å². The van der Waals surface area contributed by atoms with Gasteiger partial charge in [0, 0.05) is 18.8 Å². The molecule has 9 nitrogen and oxygen atoms in total. The van der Waals surface area contributed by atoms with E-state index in [4.69, 9.17) is 4.74 Å². The molecule has 32 heavy (non-hydrogen) atoms. The Kier molecular flexibility index (Phi) is 7.37. The van der Waals surface area contributed by atoms with Crippen LogP contribution < -0.4 is 20.1 Å². The van der Waals surface area contributed by atoms with Crippen molar-refractivity contribution in [2.24, 2.45) is 0 Å². The molecule has 0 radical (unpaired) electrons. The summed E-state index contributed by atoms with van der Waals surface area (Å²) in [6.07, 6.45) is 1.66. The van der Waals surface area contributed by atoms with E-state index in [9.17, 15) is 18.0 Å². The lowest BCUT2D eigenvalue weighted by atomic mass is 10.2. The van der Waals surface area contributed by atoms with Gasteiger partial charge in [0.05, 0.1) is 30.8 Å². The van der Waals surface area contributed by atoms with Crippen LogP contribution in [-0.2, 0) is 19.6 Å². The highest BCUT2D eigenvalue weighted by molar-refractivity contribution is 7.89. The smallest absolute Gasteiger partial charge is 0.243 e. The Morgan fingerprint density at radius 1 is 1.12 bits per heavy atom. The van der Waals surface area contributed by atoms with E-state index >= 15 is 0 Å². The second-order valence-electron chi connectivity index (χ2n) is 7.78. The molecule has 3 N–H and O–H groups in total. The maximum Gasteiger partial charge on any atom is 0.243 e. The summed E-state index contributed by atoms with van der Waals surface area (Å²) in [5, 5.41) is 5.66. The van der Waals surface area contributed by atoms with Gasteiger partial charge in [-0.1, -0.05) is 17.7 Å². The molecule has 0 aliphatic heterocycles. The molecule has 3 rings (SSSR count). The number of hydrogen-bond donors (Lipinski definition) is 3. The molecule has 0 spiro atoms. The fraction of sp³-hybridized carbons (Fsp3) is 0.364. The molecule has 1 saturated carbocycles. The monoisotopic (exact) mass is 460 g/mol. The van der Waals surface area contributed by atoms with Crippen LogP contribution in [0.5, 0.6) is 5.75 Å². The largest absolute Gasteiger partial charge is 0.495 e. The van der Waals surface area contributed by atoms with E-state index < -0.39 is 10.0 Å². The molecule has 0 aromatic heterocycles. The predicted octanol–water partition coefficient (Wildman–Crippen LogP) is 1.95. The average molecular weight is 461 g/mol. The molecule has 0 atom stereocenters. The van der Waals surface area contributed by atoms with Crippen LogP contribution in [-0.4, -0.2) is 58.4 Å². The molecule has 172 valence electrons. The van der Waals surface area contributed by atoms with E-state index in [1.165, 1.54) is 37.3 Å². The summed E-state index contributed by atoms with van der Waals surface area (Å²) in [5.74, 6) is -0.250. The van der Waals surface area contributed by atoms with Crippen LogP contribution >= 0.6 is 0 Å². The molecule has 0 bridgehead atoms. The number of carbonyl (C=O) groups is 2. The number of anilines is 2. The van der Waals surface area contributed by atoms with E-state index in [1.807, 2.05) is 19.1 Å². The maximum absolute atomic E-state index is 12.5. The van der Waals surface area contributed by atoms with Gasteiger partial charge in [0.15, 0.2) is 0 Å². The van der Waals surface area contributed by atoms with Gasteiger partial charge in [-0.3, -0.25) is 9.59 Å². The number of likely N-dealkylation sites (N-methyl/N-ethyl adjacent to an activating group) is 1. The van der Waals surface area contributed by atoms with E-state index in [0.29, 0.717) is 17.1 Å². The minimum absolute atomic E-state index is 0.0141. The minimum Gasteiger partial charge on any atom is -0.495 e. The summed E-state index contributed by atoms with van der Waals surface area (Å²) < 4.78 is 32.8. The predicted molar refractivity (Wildman–Crippen MR) is 122 cm³/mol. The summed E-state index contributed by atoms with van der Waals surface area (Å²) in [6, 6.07) is 11.8. The third-order valence-electron chi connectivity index (χ3n) is 4.95. The first-order valence-electron chi connectivity index (χ1n) is 10.2. The van der Waals surface area contributed by atoms with Crippen molar-refractivity contribution >= 4 is 33.2 Å². The van der Waals surface area contributed by atoms with E-state index in [-0.39, 0.29) is 35.8 Å². The lowest BCUT2D eigenvalue weighted by molar-refractivity contribution is -0.131. The lowest BCUT2D eigenvalue weighted by Gasteiger charge is -2.18. The van der Waals surface area contributed by atoms with Gasteiger partial charge in [-0.2, -0.15) is 0 Å². The van der Waals surface area contributed by atoms with Crippen molar-refractivity contribution in [1.82, 2.24) is 9.62 Å². The molecule has 1 aliphatic carbocycles. The van der Waals surface area contributed by atoms with Gasteiger partial charge in [0.1, 0.15) is 5.75 Å². The maximum atomic E-state index is 12.5. The number of nitrogens with one attached hydrogen (secondary N) is 3. The van der Waals surface area contributed by atoms with Gasteiger partial charge < -0.3 is 20.3 Å². The van der Waals surface area contributed by atoms with Gasteiger partial charge in [-0.05, 0) is 50.1 Å². The quantitative estimate of drug-likeness (QED) is 0.499. The standard InChI is InChI=1S/C22H28N4O5S/c1-15-4-6-16(7-5-15)24-21(27)14-26(2)22(28)13-23-19-12-18(10-11-20(19)31-3)32(29,30)25-17-8-9-17/h4-7,10-12,17,23,25H,8-9,13-14H2,1-3H3,(H,24,27). The normalized spacial score (nSPS) is 13.3. The van der Waals surface area contributed by atoms with Crippen LogP contribution in [0.25, 0.3) is 0 Å². The number of ether oxygens (including phenoxy) is 1. The number of amides is 2. The first-order chi connectivity index (χ1) is 15.2. The SMILES string of the molecule is COc1ccc(S(=O)(=O)NC2CC2)cc1NCC(=O)N(C)CC(=O)Nc1ccc(C)cc1. The van der Waals surface area contributed by atoms with Crippen LogP contribution in [0.3, 0.4) is 0 Å². The van der Waals surface area contributed by atoms with E-state index in [1.54, 1.807) is 12.1 Å². The fourth-order valence-corrected chi connectivity index (χ4v) is 4.26. The van der Waals surface area contributed by atoms with Crippen molar-refractivity contribution in [3.63, 3.8) is 0 Å². The van der Waals surface area contributed by atoms with Gasteiger partial charge in [-0.15, -0.1) is 0 Å². The summed E-state index contributed by atoms with van der Waals surface area (Å²) in [5.41, 5.74) is 2.11. The van der Waals surface area contributed by atoms with E-state index in [0.717, 1.165) is 18.4 Å². The molecular weight excluding hydrogens is 432 g/mol. The van der Waals surface area contributed by atoms with E-state index in [2.05, 4.69) is 15.4 Å². The number of aryl methyl sites for hydroxylation is 1. The Morgan fingerprint density at radius 2 is 1.81 bits per heavy atom. The van der Waals surface area contributed by atoms with Gasteiger partial charge in [0.2, 0.25) is 21.8 Å². The highest BCUT2D eigenvalue weighted by Gasteiger charge is 2.28. The number of nitrogens with zero attached hydrogens (tertiary/aromatic N) is 1. The van der Waals surface area contributed by atoms with Crippen molar-refractivity contribution in [1.29, 1.82) is 0 Å². The summed E-state index contributed by atoms with van der Waals surface area (Å²) >= 11 is 0. The first-order valence-corrected chi connectivity index (χ1v) is 11.7. The zero-order valence-corrected chi connectivity index (χ0v) is 19.2. The molecule has 2 aromatic rings. The highest BCUT2D eigenvalue weighted by Crippen LogP contribution is 2.29. The molecule has 1 aliphatic rings. The molecule has 2 amide bonds. The molecular formula is C22H28N4O5S. The first kappa shape index (κ1) is 23.6. The van der Waals surface area contributed by atoms with Crippen molar-refractivity contribution in [2.75, 3.05) is 37.9 Å². The minimum atomic E-state index is -3.64. The Morgan fingerprint density at radius 3 is 2.44 bits per heavy atom. The highest BCUT2D eigenvalue weighted by atomic mass is 32.2. The van der Waals surface area contributed by atoms with Gasteiger partial charge in [-0.25, -0.2) is 13.1 Å². The molecule has 1 fully saturated rings. The molecule has 2 aromatic carbocycles. The number of sulfonamides is 1. The molecule has 0 unspecified atom stereocenters. The fourth-order valence-electron chi connectivity index (χ4n) is 2.93. The molecule has 0 saturated heterocycles. The molecule has 0 heterocycles. The Labute approximate surface area is 188 Å². The number of benzene rings is 2. The summed E-state index contributed by atoms with van der Waals surface area (Å²) in [4.78, 5) is 26.1. The Bertz CT molecular complexity index is 1080. The van der Waals surface area contributed by atoms with Crippen LogP contribution in [0, 0.1) is 6.92 Å². The van der Waals surface area contributed by atoms with Crippen molar-refractivity contribution < 1.29 is 22.7 Å². The summed E-state index contributed by atoms with van der Waals surface area (Å²) in [6.45, 7) is 1.70. The second-order valence-corrected chi connectivity index (χ2v) is 9.49.